The van der Waals surface area contributed by atoms with Gasteiger partial charge in [-0.25, -0.2) is 9.18 Å². The van der Waals surface area contributed by atoms with Crippen molar-refractivity contribution >= 4 is 29.3 Å². The van der Waals surface area contributed by atoms with E-state index in [0.717, 1.165) is 19.3 Å². The number of benzene rings is 1. The van der Waals surface area contributed by atoms with Crippen molar-refractivity contribution in [3.05, 3.63) is 52.1 Å². The zero-order chi connectivity index (χ0) is 25.2. The number of nitrogens with one attached hydrogen (secondary N) is 2. The molecule has 0 aliphatic heterocycles. The Labute approximate surface area is 197 Å². The topological polar surface area (TPSA) is 118 Å². The molecular weight excluding hydrogens is 441 g/mol. The van der Waals surface area contributed by atoms with Gasteiger partial charge in [0.05, 0.1) is 11.3 Å². The molecule has 9 heteroatoms. The van der Waals surface area contributed by atoms with Crippen molar-refractivity contribution in [1.29, 1.82) is 0 Å². The van der Waals surface area contributed by atoms with E-state index in [2.05, 4.69) is 10.6 Å². The smallest absolute Gasteiger partial charge is 0.326 e. The van der Waals surface area contributed by atoms with Crippen LogP contribution in [0.2, 0.25) is 0 Å². The summed E-state index contributed by atoms with van der Waals surface area (Å²) >= 11 is 0. The first kappa shape index (κ1) is 25.1. The second-order valence-electron chi connectivity index (χ2n) is 8.93. The van der Waals surface area contributed by atoms with Gasteiger partial charge in [0.1, 0.15) is 11.9 Å². The number of hydrogen-bond donors (Lipinski definition) is 3. The Hall–Kier alpha value is -3.49. The second kappa shape index (κ2) is 10.2. The third kappa shape index (κ3) is 5.03. The van der Waals surface area contributed by atoms with Gasteiger partial charge in [-0.3, -0.25) is 14.4 Å². The summed E-state index contributed by atoms with van der Waals surface area (Å²) in [6, 6.07) is 3.05. The van der Waals surface area contributed by atoms with Crippen molar-refractivity contribution < 1.29 is 28.7 Å². The minimum Gasteiger partial charge on any atom is -0.480 e. The van der Waals surface area contributed by atoms with Crippen LogP contribution in [0.4, 0.5) is 10.1 Å². The van der Waals surface area contributed by atoms with Crippen LogP contribution in [0.1, 0.15) is 69.8 Å². The van der Waals surface area contributed by atoms with E-state index >= 15 is 0 Å². The molecule has 0 radical (unpaired) electrons. The lowest BCUT2D eigenvalue weighted by Gasteiger charge is -2.27. The quantitative estimate of drug-likeness (QED) is 0.421. The Balaban J connectivity index is 1.83. The van der Waals surface area contributed by atoms with E-state index in [1.807, 2.05) is 0 Å². The second-order valence-corrected chi connectivity index (χ2v) is 8.93. The van der Waals surface area contributed by atoms with Crippen LogP contribution < -0.4 is 10.6 Å². The summed E-state index contributed by atoms with van der Waals surface area (Å²) in [5, 5.41) is 14.7. The van der Waals surface area contributed by atoms with Crippen LogP contribution >= 0.6 is 0 Å². The standard InChI is InChI=1S/C25H30FN3O5/c1-13-12-17(10-11-18(13)26)27-23(31)19-14(2)21(29(4)15(19)3)22(30)24(32)28-20(25(33)34)16-8-6-5-7-9-16/h10-12,16,20H,5-9H2,1-4H3,(H,27,31)(H,28,32)(H,33,34)/t20-/m0/s1. The van der Waals surface area contributed by atoms with E-state index in [-0.39, 0.29) is 17.2 Å². The van der Waals surface area contributed by atoms with E-state index < -0.39 is 35.4 Å². The summed E-state index contributed by atoms with van der Waals surface area (Å²) in [5.41, 5.74) is 1.78. The zero-order valence-electron chi connectivity index (χ0n) is 19.8. The molecule has 1 aromatic carbocycles. The van der Waals surface area contributed by atoms with Crippen molar-refractivity contribution in [1.82, 2.24) is 9.88 Å². The first-order valence-electron chi connectivity index (χ1n) is 11.3. The summed E-state index contributed by atoms with van der Waals surface area (Å²) in [6.45, 7) is 4.79. The van der Waals surface area contributed by atoms with Crippen molar-refractivity contribution in [2.75, 3.05) is 5.32 Å². The number of carboxylic acids is 1. The normalized spacial score (nSPS) is 15.0. The van der Waals surface area contributed by atoms with Crippen molar-refractivity contribution in [2.24, 2.45) is 13.0 Å². The van der Waals surface area contributed by atoms with Crippen LogP contribution in [0.15, 0.2) is 18.2 Å². The number of aromatic nitrogens is 1. The number of hydrogen-bond acceptors (Lipinski definition) is 4. The van der Waals surface area contributed by atoms with Gasteiger partial charge in [0, 0.05) is 18.4 Å². The molecule has 0 unspecified atom stereocenters. The molecule has 3 N–H and O–H groups in total. The number of aryl methyl sites for hydroxylation is 1. The van der Waals surface area contributed by atoms with E-state index in [4.69, 9.17) is 0 Å². The number of aliphatic carboxylic acids is 1. The van der Waals surface area contributed by atoms with Gasteiger partial charge in [0.25, 0.3) is 17.6 Å². The van der Waals surface area contributed by atoms with Gasteiger partial charge in [0.2, 0.25) is 0 Å². The average molecular weight is 472 g/mol. The van der Waals surface area contributed by atoms with Gasteiger partial charge in [0.15, 0.2) is 0 Å². The van der Waals surface area contributed by atoms with Gasteiger partial charge in [-0.05, 0) is 68.9 Å². The number of amides is 2. The van der Waals surface area contributed by atoms with Crippen molar-refractivity contribution in [3.8, 4) is 0 Å². The molecule has 182 valence electrons. The van der Waals surface area contributed by atoms with Crippen LogP contribution in [0.25, 0.3) is 0 Å². The summed E-state index contributed by atoms with van der Waals surface area (Å²) < 4.78 is 15.0. The summed E-state index contributed by atoms with van der Waals surface area (Å²) in [7, 11) is 1.57. The van der Waals surface area contributed by atoms with Gasteiger partial charge >= 0.3 is 5.97 Å². The highest BCUT2D eigenvalue weighted by atomic mass is 19.1. The summed E-state index contributed by atoms with van der Waals surface area (Å²) in [4.78, 5) is 50.6. The molecule has 1 atom stereocenters. The molecule has 1 aliphatic rings. The maximum Gasteiger partial charge on any atom is 0.326 e. The number of anilines is 1. The maximum atomic E-state index is 13.5. The molecule has 3 rings (SSSR count). The Bertz CT molecular complexity index is 1150. The van der Waals surface area contributed by atoms with Crippen LogP contribution in [0, 0.1) is 32.5 Å². The molecule has 0 bridgehead atoms. The number of rotatable bonds is 7. The number of ketones is 1. The average Bonchev–Trinajstić information content (AvgIpc) is 3.02. The first-order valence-corrected chi connectivity index (χ1v) is 11.3. The number of carbonyl (C=O) groups excluding carboxylic acids is 3. The molecule has 1 aliphatic carbocycles. The van der Waals surface area contributed by atoms with Crippen LogP contribution in [-0.4, -0.2) is 39.3 Å². The molecule has 0 spiro atoms. The Kier molecular flexibility index (Phi) is 7.54. The summed E-state index contributed by atoms with van der Waals surface area (Å²) in [5.74, 6) is -4.19. The predicted molar refractivity (Wildman–Crippen MR) is 124 cm³/mol. The number of Topliss-reactive ketones (excluding diaryl/α,β-unsaturated/α-hetero) is 1. The molecule has 1 heterocycles. The van der Waals surface area contributed by atoms with Crippen molar-refractivity contribution in [2.45, 2.75) is 58.9 Å². The molecule has 1 saturated carbocycles. The van der Waals surface area contributed by atoms with Crippen LogP contribution in [0.5, 0.6) is 0 Å². The molecule has 8 nitrogen and oxygen atoms in total. The largest absolute Gasteiger partial charge is 0.480 e. The fraction of sp³-hybridized carbons (Fsp3) is 0.440. The molecule has 1 aromatic heterocycles. The minimum atomic E-state index is -1.16. The van der Waals surface area contributed by atoms with E-state index in [1.165, 1.54) is 22.8 Å². The third-order valence-corrected chi connectivity index (χ3v) is 6.67. The van der Waals surface area contributed by atoms with E-state index in [0.29, 0.717) is 35.3 Å². The Morgan fingerprint density at radius 2 is 1.74 bits per heavy atom. The molecule has 0 saturated heterocycles. The van der Waals surface area contributed by atoms with E-state index in [1.54, 1.807) is 27.8 Å². The Morgan fingerprint density at radius 1 is 1.09 bits per heavy atom. The van der Waals surface area contributed by atoms with Gasteiger partial charge in [-0.2, -0.15) is 0 Å². The number of carbonyl (C=O) groups is 4. The fourth-order valence-corrected chi connectivity index (χ4v) is 4.71. The lowest BCUT2D eigenvalue weighted by atomic mass is 9.84. The molecular formula is C25H30FN3O5. The summed E-state index contributed by atoms with van der Waals surface area (Å²) in [6.07, 6.45) is 4.17. The van der Waals surface area contributed by atoms with Gasteiger partial charge in [-0.15, -0.1) is 0 Å². The minimum absolute atomic E-state index is 0.0169. The lowest BCUT2D eigenvalue weighted by Crippen LogP contribution is -2.49. The lowest BCUT2D eigenvalue weighted by molar-refractivity contribution is -0.143. The zero-order valence-corrected chi connectivity index (χ0v) is 19.8. The van der Waals surface area contributed by atoms with Gasteiger partial charge < -0.3 is 20.3 Å². The Morgan fingerprint density at radius 3 is 2.32 bits per heavy atom. The molecule has 34 heavy (non-hydrogen) atoms. The SMILES string of the molecule is Cc1cc(NC(=O)c2c(C)c(C(=O)C(=O)N[C@H](C(=O)O)C3CCCCC3)n(C)c2C)ccc1F. The number of carboxylic acid groups (broad SMARTS) is 1. The van der Waals surface area contributed by atoms with Gasteiger partial charge in [-0.1, -0.05) is 19.3 Å². The maximum absolute atomic E-state index is 13.5. The highest BCUT2D eigenvalue weighted by Crippen LogP contribution is 2.27. The van der Waals surface area contributed by atoms with Crippen molar-refractivity contribution in [3.63, 3.8) is 0 Å². The highest BCUT2D eigenvalue weighted by Gasteiger charge is 2.34. The van der Waals surface area contributed by atoms with Crippen LogP contribution in [-0.2, 0) is 16.6 Å². The highest BCUT2D eigenvalue weighted by molar-refractivity contribution is 6.43. The number of halogens is 1. The monoisotopic (exact) mass is 471 g/mol. The molecule has 2 amide bonds. The molecule has 2 aromatic rings. The van der Waals surface area contributed by atoms with Crippen LogP contribution in [0.3, 0.4) is 0 Å². The number of nitrogens with zero attached hydrogens (tertiary/aromatic N) is 1. The molecule has 1 fully saturated rings. The fourth-order valence-electron chi connectivity index (χ4n) is 4.71. The first-order chi connectivity index (χ1) is 16.0. The predicted octanol–water partition coefficient (Wildman–Crippen LogP) is 3.67. The van der Waals surface area contributed by atoms with E-state index in [9.17, 15) is 28.7 Å². The third-order valence-electron chi connectivity index (χ3n) is 6.67.